The third kappa shape index (κ3) is 4.81. The van der Waals surface area contributed by atoms with Gasteiger partial charge in [-0.25, -0.2) is 4.79 Å². The molecule has 0 saturated heterocycles. The van der Waals surface area contributed by atoms with Crippen molar-refractivity contribution in [3.05, 3.63) is 59.1 Å². The normalized spacial score (nSPS) is 9.95. The third-order valence-corrected chi connectivity index (χ3v) is 2.89. The van der Waals surface area contributed by atoms with Crippen molar-refractivity contribution < 1.29 is 14.7 Å². The lowest BCUT2D eigenvalue weighted by Gasteiger charge is -2.08. The van der Waals surface area contributed by atoms with E-state index in [-0.39, 0.29) is 6.42 Å². The Morgan fingerprint density at radius 3 is 2.33 bits per heavy atom. The van der Waals surface area contributed by atoms with E-state index >= 15 is 0 Å². The predicted molar refractivity (Wildman–Crippen MR) is 81.9 cm³/mol. The van der Waals surface area contributed by atoms with Crippen LogP contribution in [0.25, 0.3) is 0 Å². The molecule has 0 heterocycles. The van der Waals surface area contributed by atoms with Crippen LogP contribution in [0.5, 0.6) is 0 Å². The van der Waals surface area contributed by atoms with Gasteiger partial charge in [0, 0.05) is 16.4 Å². The van der Waals surface area contributed by atoms with Gasteiger partial charge in [0.25, 0.3) is 0 Å². The molecule has 0 aliphatic heterocycles. The quantitative estimate of drug-likeness (QED) is 0.807. The standard InChI is InChI=1S/C15H13ClN2O3/c16-11-4-6-12(7-5-11)17-15(21)18-13-3-1-2-10(8-13)9-14(19)20/h1-8H,9H2,(H,19,20)(H2,17,18,21). The van der Waals surface area contributed by atoms with Crippen LogP contribution < -0.4 is 10.6 Å². The fourth-order valence-corrected chi connectivity index (χ4v) is 1.89. The Bertz CT molecular complexity index is 656. The van der Waals surface area contributed by atoms with E-state index in [0.717, 1.165) is 0 Å². The minimum atomic E-state index is -0.919. The Morgan fingerprint density at radius 1 is 1.00 bits per heavy atom. The van der Waals surface area contributed by atoms with Crippen LogP contribution in [-0.2, 0) is 11.2 Å². The lowest BCUT2D eigenvalue weighted by atomic mass is 10.1. The molecule has 2 amide bonds. The van der Waals surface area contributed by atoms with Gasteiger partial charge in [0.15, 0.2) is 0 Å². The molecule has 3 N–H and O–H groups in total. The second kappa shape index (κ2) is 6.76. The van der Waals surface area contributed by atoms with Gasteiger partial charge in [0.05, 0.1) is 6.42 Å². The molecule has 21 heavy (non-hydrogen) atoms. The topological polar surface area (TPSA) is 78.4 Å². The van der Waals surface area contributed by atoms with Crippen molar-refractivity contribution >= 4 is 35.0 Å². The Morgan fingerprint density at radius 2 is 1.67 bits per heavy atom. The number of urea groups is 1. The molecule has 5 nitrogen and oxygen atoms in total. The van der Waals surface area contributed by atoms with Gasteiger partial charge in [-0.1, -0.05) is 23.7 Å². The first-order valence-corrected chi connectivity index (χ1v) is 6.55. The maximum Gasteiger partial charge on any atom is 0.323 e. The summed E-state index contributed by atoms with van der Waals surface area (Å²) in [5.74, 6) is -0.919. The van der Waals surface area contributed by atoms with E-state index in [2.05, 4.69) is 10.6 Å². The van der Waals surface area contributed by atoms with Crippen molar-refractivity contribution in [2.75, 3.05) is 10.6 Å². The van der Waals surface area contributed by atoms with E-state index in [1.807, 2.05) is 0 Å². The molecule has 6 heteroatoms. The zero-order valence-electron chi connectivity index (χ0n) is 11.0. The molecule has 0 saturated carbocycles. The highest BCUT2D eigenvalue weighted by Gasteiger charge is 2.05. The van der Waals surface area contributed by atoms with Crippen molar-refractivity contribution in [2.24, 2.45) is 0 Å². The first kappa shape index (κ1) is 14.9. The zero-order valence-corrected chi connectivity index (χ0v) is 11.7. The minimum absolute atomic E-state index is 0.0890. The van der Waals surface area contributed by atoms with Crippen LogP contribution in [0.2, 0.25) is 5.02 Å². The molecule has 108 valence electrons. The summed E-state index contributed by atoms with van der Waals surface area (Å²) in [6.07, 6.45) is -0.0890. The Balaban J connectivity index is 1.99. The lowest BCUT2D eigenvalue weighted by Crippen LogP contribution is -2.19. The average molecular weight is 305 g/mol. The smallest absolute Gasteiger partial charge is 0.323 e. The van der Waals surface area contributed by atoms with Crippen molar-refractivity contribution in [2.45, 2.75) is 6.42 Å². The summed E-state index contributed by atoms with van der Waals surface area (Å²) in [7, 11) is 0. The Kier molecular flexibility index (Phi) is 4.79. The van der Waals surface area contributed by atoms with E-state index in [1.165, 1.54) is 0 Å². The number of amides is 2. The maximum atomic E-state index is 11.8. The molecular weight excluding hydrogens is 292 g/mol. The minimum Gasteiger partial charge on any atom is -0.481 e. The summed E-state index contributed by atoms with van der Waals surface area (Å²) < 4.78 is 0. The molecule has 0 unspecified atom stereocenters. The largest absolute Gasteiger partial charge is 0.481 e. The van der Waals surface area contributed by atoms with Gasteiger partial charge in [-0.3, -0.25) is 4.79 Å². The molecule has 2 aromatic rings. The zero-order chi connectivity index (χ0) is 15.2. The van der Waals surface area contributed by atoms with E-state index in [0.29, 0.717) is 22.0 Å². The van der Waals surface area contributed by atoms with Crippen molar-refractivity contribution in [3.8, 4) is 0 Å². The maximum absolute atomic E-state index is 11.8. The van der Waals surface area contributed by atoms with Crippen molar-refractivity contribution in [1.82, 2.24) is 0 Å². The first-order valence-electron chi connectivity index (χ1n) is 6.17. The third-order valence-electron chi connectivity index (χ3n) is 2.64. The van der Waals surface area contributed by atoms with E-state index in [1.54, 1.807) is 48.5 Å². The van der Waals surface area contributed by atoms with Crippen LogP contribution in [0, 0.1) is 0 Å². The molecule has 0 atom stereocenters. The van der Waals surface area contributed by atoms with Gasteiger partial charge in [-0.05, 0) is 42.0 Å². The molecule has 2 aromatic carbocycles. The predicted octanol–water partition coefficient (Wildman–Crippen LogP) is 3.61. The number of carboxylic acids is 1. The van der Waals surface area contributed by atoms with Crippen LogP contribution in [0.3, 0.4) is 0 Å². The number of carbonyl (C=O) groups is 2. The second-order valence-corrected chi connectivity index (χ2v) is 4.79. The van der Waals surface area contributed by atoms with Gasteiger partial charge in [-0.15, -0.1) is 0 Å². The number of hydrogen-bond acceptors (Lipinski definition) is 2. The molecule has 0 aliphatic rings. The Hall–Kier alpha value is -2.53. The number of carbonyl (C=O) groups excluding carboxylic acids is 1. The fraction of sp³-hybridized carbons (Fsp3) is 0.0667. The number of halogens is 1. The van der Waals surface area contributed by atoms with Crippen LogP contribution >= 0.6 is 11.6 Å². The summed E-state index contributed by atoms with van der Waals surface area (Å²) in [5, 5.41) is 14.6. The Labute approximate surface area is 126 Å². The summed E-state index contributed by atoms with van der Waals surface area (Å²) in [4.78, 5) is 22.5. The highest BCUT2D eigenvalue weighted by atomic mass is 35.5. The second-order valence-electron chi connectivity index (χ2n) is 4.36. The van der Waals surface area contributed by atoms with E-state index < -0.39 is 12.0 Å². The summed E-state index contributed by atoms with van der Waals surface area (Å²) in [6, 6.07) is 13.0. The number of benzene rings is 2. The first-order chi connectivity index (χ1) is 10.0. The van der Waals surface area contributed by atoms with Crippen LogP contribution in [0.1, 0.15) is 5.56 Å². The van der Waals surface area contributed by atoms with Crippen LogP contribution in [0.4, 0.5) is 16.2 Å². The SMILES string of the molecule is O=C(O)Cc1cccc(NC(=O)Nc2ccc(Cl)cc2)c1. The molecule has 2 rings (SSSR count). The highest BCUT2D eigenvalue weighted by Crippen LogP contribution is 2.15. The lowest BCUT2D eigenvalue weighted by molar-refractivity contribution is -0.136. The van der Waals surface area contributed by atoms with Gasteiger partial charge < -0.3 is 15.7 Å². The summed E-state index contributed by atoms with van der Waals surface area (Å²) in [6.45, 7) is 0. The molecule has 0 aliphatic carbocycles. The fourth-order valence-electron chi connectivity index (χ4n) is 1.76. The van der Waals surface area contributed by atoms with Crippen molar-refractivity contribution in [3.63, 3.8) is 0 Å². The van der Waals surface area contributed by atoms with Gasteiger partial charge in [-0.2, -0.15) is 0 Å². The van der Waals surface area contributed by atoms with Gasteiger partial charge in [0.2, 0.25) is 0 Å². The molecule has 0 aromatic heterocycles. The molecule has 0 bridgehead atoms. The van der Waals surface area contributed by atoms with Crippen LogP contribution in [0.15, 0.2) is 48.5 Å². The van der Waals surface area contributed by atoms with E-state index in [4.69, 9.17) is 16.7 Å². The number of aliphatic carboxylic acids is 1. The molecule has 0 spiro atoms. The molecule has 0 radical (unpaired) electrons. The molecule has 0 fully saturated rings. The van der Waals surface area contributed by atoms with Crippen LogP contribution in [-0.4, -0.2) is 17.1 Å². The molecular formula is C15H13ClN2O3. The number of nitrogens with one attached hydrogen (secondary N) is 2. The van der Waals surface area contributed by atoms with Gasteiger partial charge >= 0.3 is 12.0 Å². The number of anilines is 2. The number of hydrogen-bond donors (Lipinski definition) is 3. The number of rotatable bonds is 4. The summed E-state index contributed by atoms with van der Waals surface area (Å²) >= 11 is 5.76. The highest BCUT2D eigenvalue weighted by molar-refractivity contribution is 6.30. The summed E-state index contributed by atoms with van der Waals surface area (Å²) in [5.41, 5.74) is 1.76. The van der Waals surface area contributed by atoms with Crippen molar-refractivity contribution in [1.29, 1.82) is 0 Å². The monoisotopic (exact) mass is 304 g/mol. The van der Waals surface area contributed by atoms with E-state index in [9.17, 15) is 9.59 Å². The van der Waals surface area contributed by atoms with Gasteiger partial charge in [0.1, 0.15) is 0 Å². The number of carboxylic acid groups (broad SMARTS) is 1. The average Bonchev–Trinajstić information content (AvgIpc) is 2.41.